The molecule has 2 aliphatic rings. The second kappa shape index (κ2) is 9.73. The van der Waals surface area contributed by atoms with Crippen LogP contribution in [0.15, 0.2) is 23.1 Å². The highest BCUT2D eigenvalue weighted by atomic mass is 32.2. The van der Waals surface area contributed by atoms with Gasteiger partial charge in [0.1, 0.15) is 0 Å². The number of H-pyrrole nitrogens is 1. The minimum absolute atomic E-state index is 0.0329. The van der Waals surface area contributed by atoms with E-state index in [1.807, 2.05) is 13.8 Å². The number of nitrogens with zero attached hydrogens (tertiary/aromatic N) is 1. The molecule has 1 aromatic carbocycles. The minimum atomic E-state index is -3.64. The summed E-state index contributed by atoms with van der Waals surface area (Å²) >= 11 is 0. The van der Waals surface area contributed by atoms with Gasteiger partial charge in [-0.2, -0.15) is 0 Å². The average molecular weight is 486 g/mol. The van der Waals surface area contributed by atoms with Gasteiger partial charge in [-0.1, -0.05) is 0 Å². The van der Waals surface area contributed by atoms with Crippen molar-refractivity contribution in [2.75, 3.05) is 38.5 Å². The third-order valence-corrected chi connectivity index (χ3v) is 7.97. The Morgan fingerprint density at radius 3 is 2.65 bits per heavy atom. The molecule has 0 spiro atoms. The normalized spacial score (nSPS) is 17.3. The van der Waals surface area contributed by atoms with Crippen molar-refractivity contribution in [1.82, 2.24) is 19.9 Å². The summed E-state index contributed by atoms with van der Waals surface area (Å²) in [5.74, 6) is -0.337. The monoisotopic (exact) mass is 485 g/mol. The maximum absolute atomic E-state index is 12.6. The second-order valence-electron chi connectivity index (χ2n) is 8.77. The van der Waals surface area contributed by atoms with E-state index in [9.17, 15) is 18.0 Å². The largest absolute Gasteiger partial charge is 0.359 e. The fraction of sp³-hybridized carbons (Fsp3) is 0.417. The van der Waals surface area contributed by atoms with Crippen molar-refractivity contribution in [2.24, 2.45) is 0 Å². The van der Waals surface area contributed by atoms with E-state index in [1.54, 1.807) is 12.1 Å². The molecule has 34 heavy (non-hydrogen) atoms. The molecule has 2 aliphatic heterocycles. The number of benzene rings is 1. The number of nitrogens with one attached hydrogen (secondary N) is 4. The van der Waals surface area contributed by atoms with Crippen LogP contribution in [-0.4, -0.2) is 63.3 Å². The SMILES string of the molecule is CNS(=O)(=O)c1ccc2c(c1)/C(=C/c1[nH]c(C)c(CC(=O)NCCN3CCCC3)c1C)C(=O)N2. The van der Waals surface area contributed by atoms with Crippen LogP contribution in [-0.2, 0) is 26.0 Å². The van der Waals surface area contributed by atoms with Crippen molar-refractivity contribution in [1.29, 1.82) is 0 Å². The lowest BCUT2D eigenvalue weighted by molar-refractivity contribution is -0.120. The Morgan fingerprint density at radius 2 is 1.94 bits per heavy atom. The van der Waals surface area contributed by atoms with E-state index in [4.69, 9.17) is 0 Å². The Hall–Kier alpha value is -2.95. The standard InChI is InChI=1S/C24H31N5O4S/c1-15-18(14-23(30)26-8-11-29-9-4-5-10-29)16(2)27-22(15)13-20-19-12-17(34(32,33)25-3)6-7-21(19)28-24(20)31/h6-7,12-13,25,27H,4-5,8-11,14H2,1-3H3,(H,26,30)(H,28,31)/b20-13-. The van der Waals surface area contributed by atoms with Gasteiger partial charge in [0.05, 0.1) is 16.9 Å². The third-order valence-electron chi connectivity index (χ3n) is 6.56. The summed E-state index contributed by atoms with van der Waals surface area (Å²) in [7, 11) is -2.30. The number of sulfonamides is 1. The van der Waals surface area contributed by atoms with E-state index in [2.05, 4.69) is 25.2 Å². The predicted octanol–water partition coefficient (Wildman–Crippen LogP) is 1.79. The molecule has 0 bridgehead atoms. The van der Waals surface area contributed by atoms with Crippen molar-refractivity contribution in [3.8, 4) is 0 Å². The molecule has 0 radical (unpaired) electrons. The number of amides is 2. The van der Waals surface area contributed by atoms with Crippen LogP contribution in [0.25, 0.3) is 11.6 Å². The number of hydrogen-bond acceptors (Lipinski definition) is 5. The average Bonchev–Trinajstić information content (AvgIpc) is 3.49. The molecule has 3 heterocycles. The highest BCUT2D eigenvalue weighted by molar-refractivity contribution is 7.89. The van der Waals surface area contributed by atoms with E-state index in [-0.39, 0.29) is 23.1 Å². The lowest BCUT2D eigenvalue weighted by Crippen LogP contribution is -2.34. The van der Waals surface area contributed by atoms with Crippen LogP contribution >= 0.6 is 0 Å². The molecule has 182 valence electrons. The summed E-state index contributed by atoms with van der Waals surface area (Å²) in [5.41, 5.74) is 4.82. The van der Waals surface area contributed by atoms with E-state index < -0.39 is 10.0 Å². The van der Waals surface area contributed by atoms with E-state index in [0.29, 0.717) is 23.4 Å². The number of aromatic amines is 1. The van der Waals surface area contributed by atoms with Gasteiger partial charge < -0.3 is 20.5 Å². The number of carbonyl (C=O) groups excluding carboxylic acids is 2. The van der Waals surface area contributed by atoms with Crippen LogP contribution in [0.4, 0.5) is 5.69 Å². The number of likely N-dealkylation sites (tertiary alicyclic amines) is 1. The summed E-state index contributed by atoms with van der Waals surface area (Å²) < 4.78 is 26.7. The summed E-state index contributed by atoms with van der Waals surface area (Å²) in [6.07, 6.45) is 4.42. The smallest absolute Gasteiger partial charge is 0.256 e. The van der Waals surface area contributed by atoms with Gasteiger partial charge in [-0.3, -0.25) is 9.59 Å². The van der Waals surface area contributed by atoms with Gasteiger partial charge in [0.15, 0.2) is 0 Å². The van der Waals surface area contributed by atoms with Gasteiger partial charge in [0, 0.05) is 35.7 Å². The molecule has 2 aromatic rings. The van der Waals surface area contributed by atoms with Crippen molar-refractivity contribution in [3.63, 3.8) is 0 Å². The number of aromatic nitrogens is 1. The molecule has 1 aromatic heterocycles. The maximum Gasteiger partial charge on any atom is 0.256 e. The van der Waals surface area contributed by atoms with Crippen LogP contribution in [0.2, 0.25) is 0 Å². The summed E-state index contributed by atoms with van der Waals surface area (Å²) in [6.45, 7) is 7.52. The molecular formula is C24H31N5O4S. The summed E-state index contributed by atoms with van der Waals surface area (Å²) in [5, 5.41) is 5.78. The molecule has 2 amide bonds. The number of hydrogen-bond donors (Lipinski definition) is 4. The summed E-state index contributed by atoms with van der Waals surface area (Å²) in [6, 6.07) is 4.53. The zero-order valence-electron chi connectivity index (χ0n) is 19.7. The second-order valence-corrected chi connectivity index (χ2v) is 10.7. The van der Waals surface area contributed by atoms with Crippen molar-refractivity contribution in [3.05, 3.63) is 46.3 Å². The highest BCUT2D eigenvalue weighted by Gasteiger charge is 2.27. The molecule has 1 saturated heterocycles. The molecule has 9 nitrogen and oxygen atoms in total. The number of aryl methyl sites for hydroxylation is 1. The fourth-order valence-electron chi connectivity index (χ4n) is 4.55. The number of rotatable bonds is 8. The minimum Gasteiger partial charge on any atom is -0.359 e. The van der Waals surface area contributed by atoms with Gasteiger partial charge in [-0.05, 0) is 82.2 Å². The molecule has 0 atom stereocenters. The maximum atomic E-state index is 12.6. The van der Waals surface area contributed by atoms with Crippen LogP contribution in [0.3, 0.4) is 0 Å². The predicted molar refractivity (Wildman–Crippen MR) is 132 cm³/mol. The quantitative estimate of drug-likeness (QED) is 0.425. The van der Waals surface area contributed by atoms with Crippen molar-refractivity contribution >= 4 is 39.2 Å². The molecule has 0 unspecified atom stereocenters. The Bertz CT molecular complexity index is 1260. The number of anilines is 1. The first-order chi connectivity index (χ1) is 16.2. The van der Waals surface area contributed by atoms with Crippen LogP contribution in [0.5, 0.6) is 0 Å². The molecule has 0 saturated carbocycles. The summed E-state index contributed by atoms with van der Waals surface area (Å²) in [4.78, 5) is 30.9. The highest BCUT2D eigenvalue weighted by Crippen LogP contribution is 2.35. The number of fused-ring (bicyclic) bond motifs is 1. The lowest BCUT2D eigenvalue weighted by atomic mass is 10.0. The number of carbonyl (C=O) groups is 2. The van der Waals surface area contributed by atoms with Gasteiger partial charge >= 0.3 is 0 Å². The van der Waals surface area contributed by atoms with Crippen LogP contribution in [0.1, 0.15) is 40.9 Å². The van der Waals surface area contributed by atoms with Crippen molar-refractivity contribution < 1.29 is 18.0 Å². The molecule has 4 N–H and O–H groups in total. The lowest BCUT2D eigenvalue weighted by Gasteiger charge is -2.14. The fourth-order valence-corrected chi connectivity index (χ4v) is 5.30. The first-order valence-electron chi connectivity index (χ1n) is 11.5. The van der Waals surface area contributed by atoms with Gasteiger partial charge in [0.25, 0.3) is 5.91 Å². The topological polar surface area (TPSA) is 123 Å². The first-order valence-corrected chi connectivity index (χ1v) is 13.0. The Morgan fingerprint density at radius 1 is 1.21 bits per heavy atom. The van der Waals surface area contributed by atoms with Crippen LogP contribution in [0, 0.1) is 13.8 Å². The third kappa shape index (κ3) is 4.94. The Labute approximate surface area is 200 Å². The van der Waals surface area contributed by atoms with E-state index >= 15 is 0 Å². The first kappa shape index (κ1) is 24.2. The van der Waals surface area contributed by atoms with Gasteiger partial charge in [-0.15, -0.1) is 0 Å². The van der Waals surface area contributed by atoms with Crippen molar-refractivity contribution in [2.45, 2.75) is 38.0 Å². The van der Waals surface area contributed by atoms with Crippen LogP contribution < -0.4 is 15.4 Å². The molecule has 4 rings (SSSR count). The Balaban J connectivity index is 1.53. The molecule has 1 fully saturated rings. The zero-order chi connectivity index (χ0) is 24.5. The van der Waals surface area contributed by atoms with E-state index in [1.165, 1.54) is 32.0 Å². The zero-order valence-corrected chi connectivity index (χ0v) is 20.6. The van der Waals surface area contributed by atoms with E-state index in [0.717, 1.165) is 42.1 Å². The van der Waals surface area contributed by atoms with Gasteiger partial charge in [0.2, 0.25) is 15.9 Å². The Kier molecular flexibility index (Phi) is 6.92. The molecule has 0 aliphatic carbocycles. The molecular weight excluding hydrogens is 454 g/mol. The van der Waals surface area contributed by atoms with Gasteiger partial charge in [-0.25, -0.2) is 13.1 Å². The molecule has 10 heteroatoms.